The normalized spacial score (nSPS) is 14.7. The van der Waals surface area contributed by atoms with E-state index in [9.17, 15) is 9.59 Å². The Balaban J connectivity index is 1.51. The fraction of sp³-hybridized carbons (Fsp3) is 0.290. The first kappa shape index (κ1) is 24.6. The summed E-state index contributed by atoms with van der Waals surface area (Å²) in [6.07, 6.45) is 5.32. The molecule has 1 unspecified atom stereocenters. The smallest absolute Gasteiger partial charge is 0.271 e. The number of hydrogen-bond acceptors (Lipinski definition) is 3. The van der Waals surface area contributed by atoms with Crippen LogP contribution in [0.4, 0.5) is 0 Å². The number of rotatable bonds is 8. The third-order valence-corrected chi connectivity index (χ3v) is 7.00. The Morgan fingerprint density at radius 3 is 2.30 bits per heavy atom. The van der Waals surface area contributed by atoms with Gasteiger partial charge in [0.15, 0.2) is 6.04 Å². The van der Waals surface area contributed by atoms with Gasteiger partial charge in [0.2, 0.25) is 0 Å². The lowest BCUT2D eigenvalue weighted by atomic mass is 9.95. The molecule has 37 heavy (non-hydrogen) atoms. The van der Waals surface area contributed by atoms with Gasteiger partial charge in [0.1, 0.15) is 17.2 Å². The van der Waals surface area contributed by atoms with E-state index in [1.54, 1.807) is 17.0 Å². The summed E-state index contributed by atoms with van der Waals surface area (Å²) >= 11 is 0. The predicted octanol–water partition coefficient (Wildman–Crippen LogP) is 6.42. The molecule has 5 rings (SSSR count). The molecule has 0 bridgehead atoms. The lowest BCUT2D eigenvalue weighted by Gasteiger charge is -2.32. The third-order valence-electron chi connectivity index (χ3n) is 7.00. The second-order valence-electron chi connectivity index (χ2n) is 9.76. The van der Waals surface area contributed by atoms with Crippen LogP contribution in [0.5, 0.6) is 0 Å². The Morgan fingerprint density at radius 1 is 0.919 bits per heavy atom. The summed E-state index contributed by atoms with van der Waals surface area (Å²) in [6, 6.07) is 26.2. The van der Waals surface area contributed by atoms with Crippen LogP contribution in [0.1, 0.15) is 65.7 Å². The van der Waals surface area contributed by atoms with Crippen LogP contribution in [0.2, 0.25) is 0 Å². The summed E-state index contributed by atoms with van der Waals surface area (Å²) < 4.78 is 5.97. The van der Waals surface area contributed by atoms with Crippen LogP contribution in [0.25, 0.3) is 11.3 Å². The van der Waals surface area contributed by atoms with Crippen molar-refractivity contribution < 1.29 is 14.0 Å². The summed E-state index contributed by atoms with van der Waals surface area (Å²) in [6.45, 7) is 2.11. The number of aromatic nitrogens is 1. The van der Waals surface area contributed by atoms with Gasteiger partial charge < -0.3 is 19.6 Å². The van der Waals surface area contributed by atoms with Crippen molar-refractivity contribution in [2.75, 3.05) is 0 Å². The molecule has 6 heteroatoms. The molecule has 2 aromatic heterocycles. The number of aryl methyl sites for hydroxylation is 1. The number of benzene rings is 2. The molecule has 2 aromatic carbocycles. The van der Waals surface area contributed by atoms with Gasteiger partial charge in [-0.15, -0.1) is 0 Å². The first-order chi connectivity index (χ1) is 18.1. The van der Waals surface area contributed by atoms with E-state index in [0.29, 0.717) is 17.2 Å². The van der Waals surface area contributed by atoms with E-state index in [0.717, 1.165) is 42.5 Å². The molecular weight excluding hydrogens is 462 g/mol. The maximum absolute atomic E-state index is 14.1. The van der Waals surface area contributed by atoms with Crippen molar-refractivity contribution in [3.63, 3.8) is 0 Å². The number of amides is 2. The SMILES string of the molecule is Cc1ccc(C(C(=O)NC2CCCCC2)N(Cc2ccccc2)C(=O)c2ccc(-c3ccccc3)[nH]2)o1. The third kappa shape index (κ3) is 5.85. The Morgan fingerprint density at radius 2 is 1.62 bits per heavy atom. The minimum Gasteiger partial charge on any atom is -0.464 e. The standard InChI is InChI=1S/C31H33N3O3/c1-22-17-20-28(37-22)29(30(35)32-25-15-9-4-10-16-25)34(21-23-11-5-2-6-12-23)31(36)27-19-18-26(33-27)24-13-7-3-8-14-24/h2-3,5-8,11-14,17-20,25,29,33H,4,9-10,15-16,21H2,1H3,(H,32,35). The molecule has 1 saturated carbocycles. The lowest BCUT2D eigenvalue weighted by Crippen LogP contribution is -2.46. The minimum absolute atomic E-state index is 0.114. The minimum atomic E-state index is -0.896. The topological polar surface area (TPSA) is 78.3 Å². The quantitative estimate of drug-likeness (QED) is 0.296. The summed E-state index contributed by atoms with van der Waals surface area (Å²) in [4.78, 5) is 32.8. The fourth-order valence-corrected chi connectivity index (χ4v) is 5.07. The number of nitrogens with zero attached hydrogens (tertiary/aromatic N) is 1. The molecule has 6 nitrogen and oxygen atoms in total. The van der Waals surface area contributed by atoms with Gasteiger partial charge in [-0.25, -0.2) is 0 Å². The predicted molar refractivity (Wildman–Crippen MR) is 144 cm³/mol. The molecular formula is C31H33N3O3. The van der Waals surface area contributed by atoms with Crippen molar-refractivity contribution in [2.24, 2.45) is 0 Å². The van der Waals surface area contributed by atoms with Crippen molar-refractivity contribution >= 4 is 11.8 Å². The van der Waals surface area contributed by atoms with Crippen molar-refractivity contribution in [2.45, 2.75) is 57.7 Å². The first-order valence-electron chi connectivity index (χ1n) is 13.0. The van der Waals surface area contributed by atoms with Gasteiger partial charge in [0, 0.05) is 18.3 Å². The average molecular weight is 496 g/mol. The highest BCUT2D eigenvalue weighted by atomic mass is 16.3. The van der Waals surface area contributed by atoms with Gasteiger partial charge in [-0.3, -0.25) is 9.59 Å². The average Bonchev–Trinajstić information content (AvgIpc) is 3.59. The summed E-state index contributed by atoms with van der Waals surface area (Å²) in [5, 5.41) is 3.23. The molecule has 2 heterocycles. The largest absolute Gasteiger partial charge is 0.464 e. The molecule has 0 spiro atoms. The van der Waals surface area contributed by atoms with Gasteiger partial charge in [-0.1, -0.05) is 79.9 Å². The lowest BCUT2D eigenvalue weighted by molar-refractivity contribution is -0.127. The molecule has 0 radical (unpaired) electrons. The monoisotopic (exact) mass is 495 g/mol. The maximum Gasteiger partial charge on any atom is 0.271 e. The van der Waals surface area contributed by atoms with E-state index >= 15 is 0 Å². The van der Waals surface area contributed by atoms with Gasteiger partial charge in [0.25, 0.3) is 11.8 Å². The van der Waals surface area contributed by atoms with E-state index in [1.165, 1.54) is 6.42 Å². The number of aromatic amines is 1. The van der Waals surface area contributed by atoms with Crippen LogP contribution in [0, 0.1) is 6.92 Å². The van der Waals surface area contributed by atoms with E-state index in [2.05, 4.69) is 10.3 Å². The molecule has 1 aliphatic carbocycles. The van der Waals surface area contributed by atoms with Crippen LogP contribution in [-0.2, 0) is 11.3 Å². The van der Waals surface area contributed by atoms with Gasteiger partial charge in [-0.2, -0.15) is 0 Å². The Hall–Kier alpha value is -4.06. The number of hydrogen-bond donors (Lipinski definition) is 2. The van der Waals surface area contributed by atoms with Crippen LogP contribution in [0.15, 0.2) is 89.3 Å². The molecule has 1 atom stereocenters. The summed E-state index contributed by atoms with van der Waals surface area (Å²) in [5.74, 6) is 0.693. The zero-order valence-electron chi connectivity index (χ0n) is 21.2. The number of furan rings is 1. The van der Waals surface area contributed by atoms with Gasteiger partial charge in [-0.05, 0) is 55.2 Å². The molecule has 2 amide bonds. The van der Waals surface area contributed by atoms with Crippen molar-refractivity contribution in [1.29, 1.82) is 0 Å². The second-order valence-corrected chi connectivity index (χ2v) is 9.76. The molecule has 190 valence electrons. The molecule has 2 N–H and O–H groups in total. The van der Waals surface area contributed by atoms with E-state index in [1.807, 2.05) is 79.7 Å². The van der Waals surface area contributed by atoms with Gasteiger partial charge >= 0.3 is 0 Å². The van der Waals surface area contributed by atoms with Gasteiger partial charge in [0.05, 0.1) is 0 Å². The zero-order chi connectivity index (χ0) is 25.6. The highest BCUT2D eigenvalue weighted by Crippen LogP contribution is 2.29. The highest BCUT2D eigenvalue weighted by Gasteiger charge is 2.36. The zero-order valence-corrected chi connectivity index (χ0v) is 21.2. The Kier molecular flexibility index (Phi) is 7.54. The fourth-order valence-electron chi connectivity index (χ4n) is 5.07. The number of nitrogens with one attached hydrogen (secondary N) is 2. The Labute approximate surface area is 217 Å². The molecule has 0 saturated heterocycles. The first-order valence-corrected chi connectivity index (χ1v) is 13.0. The van der Waals surface area contributed by atoms with Crippen molar-refractivity contribution in [1.82, 2.24) is 15.2 Å². The number of carbonyl (C=O) groups excluding carboxylic acids is 2. The molecule has 1 aliphatic rings. The Bertz CT molecular complexity index is 1320. The van der Waals surface area contributed by atoms with Crippen LogP contribution in [-0.4, -0.2) is 27.7 Å². The molecule has 4 aromatic rings. The van der Waals surface area contributed by atoms with Crippen molar-refractivity contribution in [3.8, 4) is 11.3 Å². The summed E-state index contributed by atoms with van der Waals surface area (Å²) in [5.41, 5.74) is 3.20. The number of carbonyl (C=O) groups is 2. The maximum atomic E-state index is 14.1. The van der Waals surface area contributed by atoms with Crippen LogP contribution >= 0.6 is 0 Å². The van der Waals surface area contributed by atoms with Crippen LogP contribution in [0.3, 0.4) is 0 Å². The van der Waals surface area contributed by atoms with E-state index in [-0.39, 0.29) is 24.4 Å². The summed E-state index contributed by atoms with van der Waals surface area (Å²) in [7, 11) is 0. The van der Waals surface area contributed by atoms with E-state index in [4.69, 9.17) is 4.42 Å². The highest BCUT2D eigenvalue weighted by molar-refractivity contribution is 5.97. The molecule has 0 aliphatic heterocycles. The number of H-pyrrole nitrogens is 1. The van der Waals surface area contributed by atoms with Crippen LogP contribution < -0.4 is 5.32 Å². The van der Waals surface area contributed by atoms with Crippen molar-refractivity contribution in [3.05, 3.63) is 108 Å². The molecule has 1 fully saturated rings. The second kappa shape index (κ2) is 11.3. The van der Waals surface area contributed by atoms with E-state index < -0.39 is 6.04 Å².